The Morgan fingerprint density at radius 1 is 0.436 bits per heavy atom. The van der Waals surface area contributed by atoms with Crippen LogP contribution in [0.5, 0.6) is 0 Å². The smallest absolute Gasteiger partial charge is 0.135 e. The minimum atomic E-state index is -0.481. The molecule has 2 aliphatic carbocycles. The Balaban J connectivity index is 1.19. The number of anilines is 3. The first kappa shape index (κ1) is 31.0. The van der Waals surface area contributed by atoms with Crippen LogP contribution in [-0.4, -0.2) is 0 Å². The van der Waals surface area contributed by atoms with Crippen LogP contribution in [-0.2, 0) is 10.8 Å². The van der Waals surface area contributed by atoms with Gasteiger partial charge in [0, 0.05) is 43.0 Å². The van der Waals surface area contributed by atoms with E-state index in [0.29, 0.717) is 0 Å². The molecule has 0 saturated carbocycles. The van der Waals surface area contributed by atoms with Crippen molar-refractivity contribution in [2.24, 2.45) is 0 Å². The summed E-state index contributed by atoms with van der Waals surface area (Å²) in [6.45, 7) is 4.78. The third-order valence-corrected chi connectivity index (χ3v) is 13.7. The van der Waals surface area contributed by atoms with Crippen molar-refractivity contribution in [3.63, 3.8) is 0 Å². The minimum Gasteiger partial charge on any atom is -0.456 e. The summed E-state index contributed by atoms with van der Waals surface area (Å²) in [5, 5.41) is 4.81. The minimum absolute atomic E-state index is 0.153. The summed E-state index contributed by atoms with van der Waals surface area (Å²) in [4.78, 5) is 2.49. The summed E-state index contributed by atoms with van der Waals surface area (Å²) in [5.41, 5.74) is 15.3. The number of para-hydroxylation sites is 1. The van der Waals surface area contributed by atoms with E-state index in [4.69, 9.17) is 4.42 Å². The van der Waals surface area contributed by atoms with Crippen LogP contribution in [0.25, 0.3) is 53.2 Å². The van der Waals surface area contributed by atoms with E-state index in [1.54, 1.807) is 0 Å². The molecule has 0 aliphatic heterocycles. The van der Waals surface area contributed by atoms with Crippen LogP contribution in [0.4, 0.5) is 17.1 Å². The van der Waals surface area contributed by atoms with Gasteiger partial charge in [-0.25, -0.2) is 0 Å². The molecule has 0 saturated heterocycles. The summed E-state index contributed by atoms with van der Waals surface area (Å²) in [6, 6.07) is 65.3. The van der Waals surface area contributed by atoms with Gasteiger partial charge in [0.05, 0.1) is 15.8 Å². The third kappa shape index (κ3) is 4.03. The molecule has 12 rings (SSSR count). The summed E-state index contributed by atoms with van der Waals surface area (Å²) in [6.07, 6.45) is 0. The van der Waals surface area contributed by atoms with Gasteiger partial charge in [-0.15, -0.1) is 11.3 Å². The van der Waals surface area contributed by atoms with E-state index >= 15 is 0 Å². The van der Waals surface area contributed by atoms with Gasteiger partial charge in [-0.1, -0.05) is 141 Å². The third-order valence-electron chi connectivity index (χ3n) is 12.5. The second-order valence-electron chi connectivity index (χ2n) is 15.6. The predicted octanol–water partition coefficient (Wildman–Crippen LogP) is 14.4. The maximum absolute atomic E-state index is 6.35. The number of nitrogens with zero attached hydrogens (tertiary/aromatic N) is 1. The Hall–Kier alpha value is -6.42. The Labute approximate surface area is 323 Å². The van der Waals surface area contributed by atoms with Gasteiger partial charge >= 0.3 is 0 Å². The molecule has 8 aromatic carbocycles. The molecule has 1 spiro atoms. The molecule has 2 heterocycles. The standard InChI is InChI=1S/C52H35NOS/c1-51(2)41-19-7-9-21-43(41)52(44-22-10-8-20-42(44)51)40-18-6-3-14-34(40)35-28-26-33(31-45(35)52)53(32-27-29-48-39(30-32)36-15-4-11-24-47(36)54-48)46-23-13-17-38-37-16-5-12-25-49(37)55-50(38)46/h3-31H,1-2H3. The Morgan fingerprint density at radius 2 is 1.02 bits per heavy atom. The molecule has 3 heteroatoms. The van der Waals surface area contributed by atoms with Crippen LogP contribution in [0.2, 0.25) is 0 Å². The van der Waals surface area contributed by atoms with Gasteiger partial charge < -0.3 is 9.32 Å². The summed E-state index contributed by atoms with van der Waals surface area (Å²) in [5.74, 6) is 0. The maximum Gasteiger partial charge on any atom is 0.135 e. The van der Waals surface area contributed by atoms with Crippen molar-refractivity contribution < 1.29 is 4.42 Å². The van der Waals surface area contributed by atoms with Gasteiger partial charge in [-0.2, -0.15) is 0 Å². The van der Waals surface area contributed by atoms with Gasteiger partial charge in [0.25, 0.3) is 0 Å². The fraction of sp³-hybridized carbons (Fsp3) is 0.0769. The molecule has 0 unspecified atom stereocenters. The number of rotatable bonds is 3. The van der Waals surface area contributed by atoms with Gasteiger partial charge in [0.1, 0.15) is 11.2 Å². The summed E-state index contributed by atoms with van der Waals surface area (Å²) in [7, 11) is 0. The number of hydrogen-bond acceptors (Lipinski definition) is 3. The van der Waals surface area contributed by atoms with Crippen LogP contribution in [0.1, 0.15) is 47.2 Å². The van der Waals surface area contributed by atoms with E-state index in [1.165, 1.54) is 70.4 Å². The van der Waals surface area contributed by atoms with Crippen molar-refractivity contribution in [3.8, 4) is 11.1 Å². The number of hydrogen-bond donors (Lipinski definition) is 0. The lowest BCUT2D eigenvalue weighted by molar-refractivity contribution is 0.563. The molecule has 0 N–H and O–H groups in total. The summed E-state index contributed by atoms with van der Waals surface area (Å²) < 4.78 is 8.91. The zero-order chi connectivity index (χ0) is 36.5. The Bertz CT molecular complexity index is 3170. The van der Waals surface area contributed by atoms with Crippen LogP contribution in [0.3, 0.4) is 0 Å². The first-order valence-corrected chi connectivity index (χ1v) is 19.9. The van der Waals surface area contributed by atoms with E-state index < -0.39 is 5.41 Å². The first-order chi connectivity index (χ1) is 27.0. The molecule has 2 aliphatic rings. The highest BCUT2D eigenvalue weighted by atomic mass is 32.1. The number of fused-ring (bicyclic) bond motifs is 15. The largest absolute Gasteiger partial charge is 0.456 e. The van der Waals surface area contributed by atoms with E-state index in [0.717, 1.165) is 33.3 Å². The fourth-order valence-electron chi connectivity index (χ4n) is 10.2. The predicted molar refractivity (Wildman–Crippen MR) is 231 cm³/mol. The number of thiophene rings is 1. The molecule has 0 radical (unpaired) electrons. The van der Waals surface area contributed by atoms with E-state index in [-0.39, 0.29) is 5.41 Å². The molecule has 10 aromatic rings. The van der Waals surface area contributed by atoms with E-state index in [1.807, 2.05) is 17.4 Å². The Morgan fingerprint density at radius 3 is 1.82 bits per heavy atom. The zero-order valence-corrected chi connectivity index (χ0v) is 31.3. The molecule has 55 heavy (non-hydrogen) atoms. The Kier molecular flexibility index (Phi) is 6.23. The van der Waals surface area contributed by atoms with Crippen LogP contribution >= 0.6 is 11.3 Å². The highest BCUT2D eigenvalue weighted by Gasteiger charge is 2.53. The monoisotopic (exact) mass is 721 g/mol. The molecule has 0 amide bonds. The fourth-order valence-corrected chi connectivity index (χ4v) is 11.4. The number of furan rings is 1. The first-order valence-electron chi connectivity index (χ1n) is 19.1. The van der Waals surface area contributed by atoms with Gasteiger partial charge in [-0.3, -0.25) is 0 Å². The quantitative estimate of drug-likeness (QED) is 0.181. The molecule has 260 valence electrons. The van der Waals surface area contributed by atoms with Crippen LogP contribution in [0, 0.1) is 0 Å². The summed E-state index contributed by atoms with van der Waals surface area (Å²) >= 11 is 1.87. The van der Waals surface area contributed by atoms with Gasteiger partial charge in [0.2, 0.25) is 0 Å². The molecular weight excluding hydrogens is 687 g/mol. The lowest BCUT2D eigenvalue weighted by Crippen LogP contribution is -2.40. The SMILES string of the molecule is CC1(C)c2ccccc2C2(c3ccccc3-c3ccc(N(c4ccc5oc6ccccc6c5c4)c4cccc5c4sc4ccccc45)cc32)c2ccccc21. The average molecular weight is 722 g/mol. The second kappa shape index (κ2) is 11.1. The van der Waals surface area contributed by atoms with Crippen molar-refractivity contribution in [1.82, 2.24) is 0 Å². The maximum atomic E-state index is 6.35. The van der Waals surface area contributed by atoms with E-state index in [9.17, 15) is 0 Å². The molecule has 0 atom stereocenters. The molecule has 0 bridgehead atoms. The van der Waals surface area contributed by atoms with Crippen LogP contribution in [0.15, 0.2) is 180 Å². The molecule has 2 aromatic heterocycles. The van der Waals surface area contributed by atoms with Gasteiger partial charge in [0.15, 0.2) is 0 Å². The van der Waals surface area contributed by atoms with Crippen molar-refractivity contribution in [2.75, 3.05) is 4.90 Å². The molecule has 0 fully saturated rings. The number of benzene rings is 8. The van der Waals surface area contributed by atoms with Crippen molar-refractivity contribution >= 4 is 70.5 Å². The zero-order valence-electron chi connectivity index (χ0n) is 30.5. The lowest BCUT2D eigenvalue weighted by atomic mass is 9.55. The van der Waals surface area contributed by atoms with Crippen molar-refractivity contribution in [1.29, 1.82) is 0 Å². The molecule has 2 nitrogen and oxygen atoms in total. The highest BCUT2D eigenvalue weighted by molar-refractivity contribution is 7.26. The topological polar surface area (TPSA) is 16.4 Å². The van der Waals surface area contributed by atoms with E-state index in [2.05, 4.69) is 189 Å². The lowest BCUT2D eigenvalue weighted by Gasteiger charge is -2.46. The normalized spacial score (nSPS) is 14.7. The highest BCUT2D eigenvalue weighted by Crippen LogP contribution is 2.63. The van der Waals surface area contributed by atoms with Gasteiger partial charge in [-0.05, 0) is 93.0 Å². The average Bonchev–Trinajstić information content (AvgIpc) is 3.89. The second-order valence-corrected chi connectivity index (χ2v) is 16.7. The van der Waals surface area contributed by atoms with Crippen LogP contribution < -0.4 is 4.90 Å². The van der Waals surface area contributed by atoms with Crippen molar-refractivity contribution in [3.05, 3.63) is 209 Å². The van der Waals surface area contributed by atoms with Crippen molar-refractivity contribution in [2.45, 2.75) is 24.7 Å². The molecular formula is C52H35NOS.